The SMILES string of the molecule is CCNc1nc(NCC(=O)N(C)C)cc(C(F)(F)F)n1. The zero-order valence-electron chi connectivity index (χ0n) is 11.4. The monoisotopic (exact) mass is 291 g/mol. The Morgan fingerprint density at radius 1 is 1.30 bits per heavy atom. The van der Waals surface area contributed by atoms with Crippen LogP contribution >= 0.6 is 0 Å². The number of carbonyl (C=O) groups excluding carboxylic acids is 1. The third-order valence-corrected chi connectivity index (χ3v) is 2.27. The van der Waals surface area contributed by atoms with Gasteiger partial charge in [0.2, 0.25) is 11.9 Å². The molecule has 0 aromatic carbocycles. The summed E-state index contributed by atoms with van der Waals surface area (Å²) >= 11 is 0. The molecule has 20 heavy (non-hydrogen) atoms. The van der Waals surface area contributed by atoms with Crippen molar-refractivity contribution in [2.75, 3.05) is 37.8 Å². The summed E-state index contributed by atoms with van der Waals surface area (Å²) in [6.45, 7) is 1.95. The standard InChI is InChI=1S/C11H16F3N5O/c1-4-15-10-17-7(11(12,13)14)5-8(18-10)16-6-9(20)19(2)3/h5H,4,6H2,1-3H3,(H2,15,16,17,18). The smallest absolute Gasteiger partial charge is 0.361 e. The summed E-state index contributed by atoms with van der Waals surface area (Å²) in [4.78, 5) is 20.0. The molecule has 2 N–H and O–H groups in total. The van der Waals surface area contributed by atoms with Crippen molar-refractivity contribution in [3.05, 3.63) is 11.8 Å². The molecule has 112 valence electrons. The lowest BCUT2D eigenvalue weighted by molar-refractivity contribution is -0.141. The van der Waals surface area contributed by atoms with Crippen LogP contribution in [0.5, 0.6) is 0 Å². The van der Waals surface area contributed by atoms with Crippen LogP contribution < -0.4 is 10.6 Å². The molecule has 1 heterocycles. The van der Waals surface area contributed by atoms with Gasteiger partial charge in [-0.05, 0) is 6.92 Å². The molecule has 0 saturated carbocycles. The van der Waals surface area contributed by atoms with Gasteiger partial charge in [-0.25, -0.2) is 4.98 Å². The number of aromatic nitrogens is 2. The number of alkyl halides is 3. The zero-order valence-corrected chi connectivity index (χ0v) is 11.4. The molecule has 0 radical (unpaired) electrons. The van der Waals surface area contributed by atoms with Crippen LogP contribution in [-0.4, -0.2) is 48.0 Å². The van der Waals surface area contributed by atoms with E-state index in [4.69, 9.17) is 0 Å². The van der Waals surface area contributed by atoms with Gasteiger partial charge >= 0.3 is 6.18 Å². The maximum absolute atomic E-state index is 12.7. The molecule has 0 aliphatic heterocycles. The van der Waals surface area contributed by atoms with Gasteiger partial charge < -0.3 is 15.5 Å². The number of likely N-dealkylation sites (N-methyl/N-ethyl adjacent to an activating group) is 1. The quantitative estimate of drug-likeness (QED) is 0.859. The Kier molecular flexibility index (Phi) is 5.12. The van der Waals surface area contributed by atoms with Crippen molar-refractivity contribution < 1.29 is 18.0 Å². The van der Waals surface area contributed by atoms with Gasteiger partial charge in [0.25, 0.3) is 0 Å². The van der Waals surface area contributed by atoms with E-state index in [-0.39, 0.29) is 24.2 Å². The maximum Gasteiger partial charge on any atom is 0.433 e. The van der Waals surface area contributed by atoms with Crippen molar-refractivity contribution in [2.24, 2.45) is 0 Å². The van der Waals surface area contributed by atoms with E-state index in [1.165, 1.54) is 4.90 Å². The summed E-state index contributed by atoms with van der Waals surface area (Å²) in [6, 6.07) is 0.768. The normalized spacial score (nSPS) is 11.1. The number of amides is 1. The molecule has 0 aliphatic carbocycles. The average Bonchev–Trinajstić information content (AvgIpc) is 2.35. The predicted octanol–water partition coefficient (Wildman–Crippen LogP) is 1.43. The number of hydrogen-bond donors (Lipinski definition) is 2. The number of carbonyl (C=O) groups is 1. The first kappa shape index (κ1) is 16.0. The molecule has 9 heteroatoms. The molecule has 0 fully saturated rings. The molecule has 0 atom stereocenters. The van der Waals surface area contributed by atoms with Crippen LogP contribution in [0.15, 0.2) is 6.07 Å². The van der Waals surface area contributed by atoms with Gasteiger partial charge in [-0.1, -0.05) is 0 Å². The lowest BCUT2D eigenvalue weighted by Gasteiger charge is -2.14. The number of anilines is 2. The minimum absolute atomic E-state index is 0.0570. The number of rotatable bonds is 5. The van der Waals surface area contributed by atoms with Gasteiger partial charge in [-0.15, -0.1) is 0 Å². The highest BCUT2D eigenvalue weighted by molar-refractivity contribution is 5.80. The number of hydrogen-bond acceptors (Lipinski definition) is 5. The number of halogens is 3. The van der Waals surface area contributed by atoms with E-state index in [1.807, 2.05) is 0 Å². The molecular weight excluding hydrogens is 275 g/mol. The molecule has 0 unspecified atom stereocenters. The van der Waals surface area contributed by atoms with E-state index in [9.17, 15) is 18.0 Å². The minimum Gasteiger partial charge on any atom is -0.361 e. The van der Waals surface area contributed by atoms with Crippen LogP contribution in [0.3, 0.4) is 0 Å². The Hall–Kier alpha value is -2.06. The largest absolute Gasteiger partial charge is 0.433 e. The molecule has 1 aromatic heterocycles. The van der Waals surface area contributed by atoms with Crippen LogP contribution in [0.25, 0.3) is 0 Å². The number of nitrogens with zero attached hydrogens (tertiary/aromatic N) is 3. The molecule has 0 bridgehead atoms. The molecular formula is C11H16F3N5O. The summed E-state index contributed by atoms with van der Waals surface area (Å²) in [5.41, 5.74) is -1.07. The van der Waals surface area contributed by atoms with Gasteiger partial charge in [0.1, 0.15) is 5.82 Å². The van der Waals surface area contributed by atoms with Crippen molar-refractivity contribution in [3.63, 3.8) is 0 Å². The van der Waals surface area contributed by atoms with E-state index in [1.54, 1.807) is 21.0 Å². The average molecular weight is 291 g/mol. The third kappa shape index (κ3) is 4.56. The van der Waals surface area contributed by atoms with Crippen LogP contribution in [0.2, 0.25) is 0 Å². The molecule has 6 nitrogen and oxygen atoms in total. The number of nitrogens with one attached hydrogen (secondary N) is 2. The van der Waals surface area contributed by atoms with Crippen LogP contribution in [-0.2, 0) is 11.0 Å². The highest BCUT2D eigenvalue weighted by atomic mass is 19.4. The van der Waals surface area contributed by atoms with Crippen molar-refractivity contribution in [1.29, 1.82) is 0 Å². The first-order chi connectivity index (χ1) is 9.24. The van der Waals surface area contributed by atoms with Crippen molar-refractivity contribution in [2.45, 2.75) is 13.1 Å². The van der Waals surface area contributed by atoms with Crippen molar-refractivity contribution >= 4 is 17.7 Å². The Balaban J connectivity index is 2.94. The highest BCUT2D eigenvalue weighted by Crippen LogP contribution is 2.29. The van der Waals surface area contributed by atoms with E-state index in [0.717, 1.165) is 6.07 Å². The van der Waals surface area contributed by atoms with E-state index in [0.29, 0.717) is 6.54 Å². The van der Waals surface area contributed by atoms with Gasteiger partial charge in [0, 0.05) is 26.7 Å². The Bertz CT molecular complexity index is 476. The highest BCUT2D eigenvalue weighted by Gasteiger charge is 2.33. The van der Waals surface area contributed by atoms with Gasteiger partial charge in [0.05, 0.1) is 6.54 Å². The van der Waals surface area contributed by atoms with Crippen molar-refractivity contribution in [1.82, 2.24) is 14.9 Å². The molecule has 0 spiro atoms. The zero-order chi connectivity index (χ0) is 15.3. The minimum atomic E-state index is -4.57. The van der Waals surface area contributed by atoms with Gasteiger partial charge in [-0.3, -0.25) is 4.79 Å². The van der Waals surface area contributed by atoms with Gasteiger partial charge in [0.15, 0.2) is 5.69 Å². The van der Waals surface area contributed by atoms with E-state index >= 15 is 0 Å². The summed E-state index contributed by atoms with van der Waals surface area (Å²) in [6.07, 6.45) is -4.57. The lowest BCUT2D eigenvalue weighted by Crippen LogP contribution is -2.29. The maximum atomic E-state index is 12.7. The summed E-state index contributed by atoms with van der Waals surface area (Å²) in [7, 11) is 3.10. The summed E-state index contributed by atoms with van der Waals surface area (Å²) in [5.74, 6) is -0.470. The summed E-state index contributed by atoms with van der Waals surface area (Å²) in [5, 5.41) is 5.17. The van der Waals surface area contributed by atoms with Crippen molar-refractivity contribution in [3.8, 4) is 0 Å². The van der Waals surface area contributed by atoms with Gasteiger partial charge in [-0.2, -0.15) is 18.2 Å². The first-order valence-electron chi connectivity index (χ1n) is 5.88. The van der Waals surface area contributed by atoms with Crippen LogP contribution in [0, 0.1) is 0 Å². The molecule has 1 aromatic rings. The second kappa shape index (κ2) is 6.40. The summed E-state index contributed by atoms with van der Waals surface area (Å²) < 4.78 is 38.1. The third-order valence-electron chi connectivity index (χ3n) is 2.27. The van der Waals surface area contributed by atoms with E-state index < -0.39 is 11.9 Å². The van der Waals surface area contributed by atoms with Crippen LogP contribution in [0.1, 0.15) is 12.6 Å². The Morgan fingerprint density at radius 2 is 1.95 bits per heavy atom. The first-order valence-corrected chi connectivity index (χ1v) is 5.88. The fraction of sp³-hybridized carbons (Fsp3) is 0.545. The Morgan fingerprint density at radius 3 is 2.45 bits per heavy atom. The molecule has 1 rings (SSSR count). The predicted molar refractivity (Wildman–Crippen MR) is 68.4 cm³/mol. The molecule has 1 amide bonds. The molecule has 0 saturated heterocycles. The Labute approximate surface area is 114 Å². The lowest BCUT2D eigenvalue weighted by atomic mass is 10.3. The second-order valence-electron chi connectivity index (χ2n) is 4.13. The molecule has 0 aliphatic rings. The van der Waals surface area contributed by atoms with E-state index in [2.05, 4.69) is 20.6 Å². The fourth-order valence-corrected chi connectivity index (χ4v) is 1.24. The topological polar surface area (TPSA) is 70.2 Å². The fourth-order valence-electron chi connectivity index (χ4n) is 1.24. The van der Waals surface area contributed by atoms with Crippen LogP contribution in [0.4, 0.5) is 24.9 Å². The second-order valence-corrected chi connectivity index (χ2v) is 4.13.